The van der Waals surface area contributed by atoms with Gasteiger partial charge in [0.2, 0.25) is 0 Å². The second-order valence-electron chi connectivity index (χ2n) is 16.6. The Kier molecular flexibility index (Phi) is 24.4. The molecule has 404 valence electrons. The molecular formula is C49H59F12N7O5. The molecule has 6 amide bonds. The number of hydrogen-bond acceptors (Lipinski definition) is 5. The molecule has 4 aromatic carbocycles. The Bertz CT molecular complexity index is 2160. The molecule has 0 aliphatic carbocycles. The van der Waals surface area contributed by atoms with Gasteiger partial charge >= 0.3 is 42.8 Å². The number of urea groups is 3. The molecule has 0 spiro atoms. The molecule has 12 nitrogen and oxygen atoms in total. The van der Waals surface area contributed by atoms with E-state index in [0.29, 0.717) is 0 Å². The highest BCUT2D eigenvalue weighted by atomic mass is 19.4. The monoisotopic (exact) mass is 1050 g/mol. The number of alkyl halides is 12. The zero-order chi connectivity index (χ0) is 55.2. The third-order valence-corrected chi connectivity index (χ3v) is 10.5. The molecule has 6 N–H and O–H groups in total. The summed E-state index contributed by atoms with van der Waals surface area (Å²) in [7, 11) is 0. The molecule has 0 aliphatic rings. The zero-order valence-electron chi connectivity index (χ0n) is 40.6. The second kappa shape index (κ2) is 28.5. The smallest absolute Gasteiger partial charge is 0.416 e. The van der Waals surface area contributed by atoms with Gasteiger partial charge in [-0.1, -0.05) is 77.6 Å². The highest BCUT2D eigenvalue weighted by Gasteiger charge is 2.38. The number of amides is 6. The molecule has 0 saturated heterocycles. The highest BCUT2D eigenvalue weighted by molar-refractivity contribution is 6.08. The van der Waals surface area contributed by atoms with Crippen molar-refractivity contribution in [3.05, 3.63) is 107 Å². The van der Waals surface area contributed by atoms with Crippen molar-refractivity contribution in [1.82, 2.24) is 0 Å². The molecule has 4 rings (SSSR count). The van der Waals surface area contributed by atoms with Crippen molar-refractivity contribution < 1.29 is 81.5 Å². The van der Waals surface area contributed by atoms with Gasteiger partial charge in [0.15, 0.2) is 0 Å². The minimum absolute atomic E-state index is 0.134. The molecule has 0 radical (unpaired) electrons. The number of hydrogen-bond donors (Lipinski definition) is 6. The number of carbonyl (C=O) groups excluding carboxylic acids is 4. The van der Waals surface area contributed by atoms with Gasteiger partial charge in [-0.25, -0.2) is 14.4 Å². The zero-order valence-corrected chi connectivity index (χ0v) is 40.6. The molecule has 0 aromatic heterocycles. The molecular weight excluding hydrogens is 995 g/mol. The van der Waals surface area contributed by atoms with Crippen LogP contribution in [0.15, 0.2) is 84.9 Å². The van der Waals surface area contributed by atoms with E-state index in [2.05, 4.69) is 49.0 Å². The molecule has 0 fully saturated rings. The van der Waals surface area contributed by atoms with Crippen LogP contribution < -0.4 is 37.0 Å². The first-order valence-corrected chi connectivity index (χ1v) is 23.0. The predicted molar refractivity (Wildman–Crippen MR) is 254 cm³/mol. The second-order valence-corrected chi connectivity index (χ2v) is 16.6. The lowest BCUT2D eigenvalue weighted by Crippen LogP contribution is -2.50. The third-order valence-electron chi connectivity index (χ3n) is 10.5. The van der Waals surface area contributed by atoms with Gasteiger partial charge in [0.25, 0.3) is 0 Å². The number of aliphatic carboxylic acids is 1. The number of carboxylic acids is 1. The van der Waals surface area contributed by atoms with Gasteiger partial charge in [0.1, 0.15) is 0 Å². The number of nitrogens with one attached hydrogen (secondary N) is 6. The maximum Gasteiger partial charge on any atom is 0.416 e. The quantitative estimate of drug-likeness (QED) is 0.0431. The molecule has 73 heavy (non-hydrogen) atoms. The molecule has 0 atom stereocenters. The lowest BCUT2D eigenvalue weighted by molar-refractivity contribution is -0.929. The van der Waals surface area contributed by atoms with Crippen LogP contribution in [0.4, 0.5) is 101 Å². The summed E-state index contributed by atoms with van der Waals surface area (Å²) in [5, 5.41) is 21.6. The number of benzene rings is 4. The maximum atomic E-state index is 13.2. The number of unbranched alkanes of at least 4 members (excludes halogenated alkanes) is 4. The van der Waals surface area contributed by atoms with Crippen LogP contribution in [-0.4, -0.2) is 54.7 Å². The number of rotatable bonds is 18. The Morgan fingerprint density at radius 3 is 0.808 bits per heavy atom. The topological polar surface area (TPSA) is 164 Å². The summed E-state index contributed by atoms with van der Waals surface area (Å²) in [5.41, 5.74) is -9.14. The van der Waals surface area contributed by atoms with E-state index in [0.717, 1.165) is 6.92 Å². The molecule has 0 bridgehead atoms. The molecule has 0 aliphatic heterocycles. The number of carbonyl (C=O) groups is 4. The van der Waals surface area contributed by atoms with Crippen LogP contribution in [0.3, 0.4) is 0 Å². The van der Waals surface area contributed by atoms with E-state index in [1.54, 1.807) is 0 Å². The minimum atomic E-state index is -5.18. The third kappa shape index (κ3) is 22.7. The Morgan fingerprint density at radius 1 is 0.411 bits per heavy atom. The first-order valence-electron chi connectivity index (χ1n) is 23.0. The summed E-state index contributed by atoms with van der Waals surface area (Å²) in [6.45, 7) is 16.0. The molecule has 24 heteroatoms. The van der Waals surface area contributed by atoms with Crippen LogP contribution in [0.2, 0.25) is 0 Å². The molecule has 0 heterocycles. The maximum absolute atomic E-state index is 13.2. The first kappa shape index (κ1) is 62.4. The summed E-state index contributed by atoms with van der Waals surface area (Å²) in [4.78, 5) is 46.9. The Hall–Kier alpha value is -6.72. The number of nitrogens with zero attached hydrogens (tertiary/aromatic N) is 1. The largest absolute Gasteiger partial charge is 0.550 e. The van der Waals surface area contributed by atoms with Gasteiger partial charge in [-0.15, -0.1) is 0 Å². The van der Waals surface area contributed by atoms with E-state index >= 15 is 0 Å². The Morgan fingerprint density at radius 2 is 0.616 bits per heavy atom. The van der Waals surface area contributed by atoms with Crippen molar-refractivity contribution in [3.63, 3.8) is 0 Å². The van der Waals surface area contributed by atoms with Crippen molar-refractivity contribution in [3.8, 4) is 0 Å². The Balaban J connectivity index is 0.000000727. The average molecular weight is 1050 g/mol. The summed E-state index contributed by atoms with van der Waals surface area (Å²) < 4.78 is 160. The van der Waals surface area contributed by atoms with Gasteiger partial charge in [-0.05, 0) is 93.3 Å². The number of anilines is 6. The molecule has 0 unspecified atom stereocenters. The minimum Gasteiger partial charge on any atom is -0.550 e. The SMILES string of the molecule is CC(=O)[O-].CCCC[N+](CCCC)(CCCC)CCCC.O=C(Nc1cc(C(F)(F)F)cc(C(F)(F)F)c1)Nc1ccccc1NC(=O)Nc1ccccc1NC(=O)Nc1cc(C(F)(F)F)cc(C(F)(F)F)c1. The van der Waals surface area contributed by atoms with Gasteiger partial charge < -0.3 is 46.3 Å². The fraction of sp³-hybridized carbons (Fsp3) is 0.429. The number of halogens is 12. The van der Waals surface area contributed by atoms with Crippen LogP contribution in [-0.2, 0) is 29.5 Å². The van der Waals surface area contributed by atoms with Crippen LogP contribution in [0.5, 0.6) is 0 Å². The summed E-state index contributed by atoms with van der Waals surface area (Å²) in [5.74, 6) is -1.08. The fourth-order valence-corrected chi connectivity index (χ4v) is 6.95. The van der Waals surface area contributed by atoms with Crippen molar-refractivity contribution in [2.45, 2.75) is 111 Å². The average Bonchev–Trinajstić information content (AvgIpc) is 3.28. The summed E-state index contributed by atoms with van der Waals surface area (Å²) in [6.07, 6.45) is -9.66. The number of quaternary nitrogens is 1. The Labute approximate surface area is 414 Å². The van der Waals surface area contributed by atoms with Crippen LogP contribution in [0.25, 0.3) is 0 Å². The van der Waals surface area contributed by atoms with Crippen LogP contribution >= 0.6 is 0 Å². The van der Waals surface area contributed by atoms with Gasteiger partial charge in [0, 0.05) is 17.3 Å². The van der Waals surface area contributed by atoms with Crippen molar-refractivity contribution in [2.75, 3.05) is 58.1 Å². The van der Waals surface area contributed by atoms with E-state index < -0.39 is 82.4 Å². The van der Waals surface area contributed by atoms with E-state index in [1.807, 2.05) is 10.6 Å². The fourth-order valence-electron chi connectivity index (χ4n) is 6.95. The van der Waals surface area contributed by atoms with Gasteiger partial charge in [-0.3, -0.25) is 0 Å². The first-order chi connectivity index (χ1) is 34.0. The van der Waals surface area contributed by atoms with E-state index in [4.69, 9.17) is 9.90 Å². The highest BCUT2D eigenvalue weighted by Crippen LogP contribution is 2.39. The van der Waals surface area contributed by atoms with Gasteiger partial charge in [-0.2, -0.15) is 52.7 Å². The van der Waals surface area contributed by atoms with Crippen LogP contribution in [0.1, 0.15) is 108 Å². The summed E-state index contributed by atoms with van der Waals surface area (Å²) in [6, 6.07) is 7.53. The van der Waals surface area contributed by atoms with Crippen molar-refractivity contribution >= 4 is 58.2 Å². The van der Waals surface area contributed by atoms with Crippen molar-refractivity contribution in [1.29, 1.82) is 0 Å². The number of para-hydroxylation sites is 4. The molecule has 4 aromatic rings. The van der Waals surface area contributed by atoms with Gasteiger partial charge in [0.05, 0.1) is 71.2 Å². The molecule has 0 saturated carbocycles. The van der Waals surface area contributed by atoms with Crippen molar-refractivity contribution in [2.24, 2.45) is 0 Å². The lowest BCUT2D eigenvalue weighted by Gasteiger charge is -2.39. The number of carboxylic acid groups (broad SMARTS) is 1. The van der Waals surface area contributed by atoms with Crippen LogP contribution in [0, 0.1) is 0 Å². The standard InChI is InChI=1S/C31H20F12N6O3.C16H36N.C2H4O2/c32-28(33,34)15-9-16(29(35,36)37)12-19(11-15)44-25(50)46-21-5-1-3-7-23(21)48-27(52)49-24-8-4-2-6-22(24)47-26(51)45-20-13-17(30(38,39)40)10-18(14-20)31(41,42)43;1-5-9-13-17(14-10-6-2,15-11-7-3)16-12-8-4;1-2(3)4/h1-14H,(H2,44,46,50)(H2,45,47,51)(H2,48,49,52);5-16H2,1-4H3;1H3,(H,3,4)/q;+1;/p-1. The predicted octanol–water partition coefficient (Wildman–Crippen LogP) is 14.5. The lowest BCUT2D eigenvalue weighted by atomic mass is 10.1. The van der Waals surface area contributed by atoms with E-state index in [-0.39, 0.29) is 59.1 Å². The normalized spacial score (nSPS) is 11.7. The summed E-state index contributed by atoms with van der Waals surface area (Å²) >= 11 is 0. The van der Waals surface area contributed by atoms with E-state index in [9.17, 15) is 67.1 Å². The van der Waals surface area contributed by atoms with E-state index in [1.165, 1.54) is 131 Å².